The van der Waals surface area contributed by atoms with E-state index in [4.69, 9.17) is 4.74 Å². The maximum atomic E-state index is 11.9. The number of ether oxygens (including phenoxy) is 1. The molecule has 1 aromatic carbocycles. The van der Waals surface area contributed by atoms with Gasteiger partial charge in [-0.1, -0.05) is 15.9 Å². The van der Waals surface area contributed by atoms with Crippen LogP contribution >= 0.6 is 15.9 Å². The van der Waals surface area contributed by atoms with Crippen molar-refractivity contribution in [2.45, 2.75) is 25.5 Å². The summed E-state index contributed by atoms with van der Waals surface area (Å²) < 4.78 is 6.37. The zero-order chi connectivity index (χ0) is 11.5. The number of hydrogen-bond donors (Lipinski definition) is 1. The van der Waals surface area contributed by atoms with Crippen LogP contribution in [0.15, 0.2) is 28.7 Å². The Bertz CT molecular complexity index is 377. The van der Waals surface area contributed by atoms with Crippen molar-refractivity contribution in [3.05, 3.63) is 34.3 Å². The summed E-state index contributed by atoms with van der Waals surface area (Å²) in [5.74, 6) is -0.0325. The number of benzene rings is 1. The number of halogens is 1. The molecule has 1 heterocycles. The van der Waals surface area contributed by atoms with E-state index < -0.39 is 0 Å². The minimum absolute atomic E-state index is 0.0325. The second-order valence-corrected chi connectivity index (χ2v) is 4.87. The van der Waals surface area contributed by atoms with Crippen molar-refractivity contribution in [2.24, 2.45) is 0 Å². The summed E-state index contributed by atoms with van der Waals surface area (Å²) in [4.78, 5) is 11.9. The molecule has 1 aliphatic rings. The third-order valence-electron chi connectivity index (χ3n) is 2.80. The van der Waals surface area contributed by atoms with Crippen molar-refractivity contribution in [1.29, 1.82) is 0 Å². The van der Waals surface area contributed by atoms with Gasteiger partial charge in [0.2, 0.25) is 0 Å². The molecule has 4 heteroatoms. The molecule has 3 nitrogen and oxygen atoms in total. The van der Waals surface area contributed by atoms with Crippen LogP contribution in [0.3, 0.4) is 0 Å². The minimum atomic E-state index is -0.0325. The molecule has 1 saturated heterocycles. The molecule has 0 aromatic heterocycles. The van der Waals surface area contributed by atoms with Crippen molar-refractivity contribution in [3.8, 4) is 0 Å². The maximum absolute atomic E-state index is 11.9. The number of amides is 1. The SMILES string of the molecule is CC1OCCC1NC(=O)c1ccc(Br)cc1. The molecular weight excluding hydrogens is 270 g/mol. The maximum Gasteiger partial charge on any atom is 0.251 e. The lowest BCUT2D eigenvalue weighted by Gasteiger charge is -2.15. The van der Waals surface area contributed by atoms with Crippen LogP contribution in [0.2, 0.25) is 0 Å². The van der Waals surface area contributed by atoms with Gasteiger partial charge in [-0.25, -0.2) is 0 Å². The normalized spacial score (nSPS) is 24.4. The van der Waals surface area contributed by atoms with E-state index in [9.17, 15) is 4.79 Å². The molecule has 2 rings (SSSR count). The Morgan fingerprint density at radius 2 is 2.12 bits per heavy atom. The molecule has 0 bridgehead atoms. The highest BCUT2D eigenvalue weighted by atomic mass is 79.9. The van der Waals surface area contributed by atoms with Crippen molar-refractivity contribution >= 4 is 21.8 Å². The predicted molar refractivity (Wildman–Crippen MR) is 65.4 cm³/mol. The van der Waals surface area contributed by atoms with Gasteiger partial charge in [-0.05, 0) is 37.6 Å². The summed E-state index contributed by atoms with van der Waals surface area (Å²) in [6.45, 7) is 2.71. The average molecular weight is 284 g/mol. The fraction of sp³-hybridized carbons (Fsp3) is 0.417. The zero-order valence-electron chi connectivity index (χ0n) is 9.07. The van der Waals surface area contributed by atoms with Gasteiger partial charge in [-0.15, -0.1) is 0 Å². The Labute approximate surface area is 103 Å². The van der Waals surface area contributed by atoms with Crippen LogP contribution in [-0.2, 0) is 4.74 Å². The number of nitrogens with one attached hydrogen (secondary N) is 1. The first-order valence-electron chi connectivity index (χ1n) is 5.35. The molecule has 86 valence electrons. The summed E-state index contributed by atoms with van der Waals surface area (Å²) in [6, 6.07) is 7.48. The molecule has 0 saturated carbocycles. The summed E-state index contributed by atoms with van der Waals surface area (Å²) in [6.07, 6.45) is 1.00. The summed E-state index contributed by atoms with van der Waals surface area (Å²) in [5.41, 5.74) is 0.683. The first-order valence-corrected chi connectivity index (χ1v) is 6.14. The molecular formula is C12H14BrNO2. The van der Waals surface area contributed by atoms with Gasteiger partial charge in [-0.3, -0.25) is 4.79 Å². The molecule has 2 unspecified atom stereocenters. The van der Waals surface area contributed by atoms with Crippen LogP contribution in [-0.4, -0.2) is 24.7 Å². The minimum Gasteiger partial charge on any atom is -0.376 e. The highest BCUT2D eigenvalue weighted by Gasteiger charge is 2.25. The van der Waals surface area contributed by atoms with Crippen molar-refractivity contribution in [2.75, 3.05) is 6.61 Å². The zero-order valence-corrected chi connectivity index (χ0v) is 10.7. The van der Waals surface area contributed by atoms with E-state index in [2.05, 4.69) is 21.2 Å². The van der Waals surface area contributed by atoms with Gasteiger partial charge >= 0.3 is 0 Å². The van der Waals surface area contributed by atoms with Crippen LogP contribution in [0, 0.1) is 0 Å². The smallest absolute Gasteiger partial charge is 0.251 e. The Morgan fingerprint density at radius 3 is 2.69 bits per heavy atom. The Hall–Kier alpha value is -0.870. The second kappa shape index (κ2) is 4.97. The van der Waals surface area contributed by atoms with Crippen LogP contribution in [0.25, 0.3) is 0 Å². The molecule has 16 heavy (non-hydrogen) atoms. The first-order chi connectivity index (χ1) is 7.66. The Morgan fingerprint density at radius 1 is 1.44 bits per heavy atom. The molecule has 1 fully saturated rings. The van der Waals surface area contributed by atoms with E-state index in [0.717, 1.165) is 17.5 Å². The van der Waals surface area contributed by atoms with Crippen molar-refractivity contribution in [3.63, 3.8) is 0 Å². The largest absolute Gasteiger partial charge is 0.376 e. The number of rotatable bonds is 2. The molecule has 1 aliphatic heterocycles. The van der Waals surface area contributed by atoms with E-state index in [-0.39, 0.29) is 18.1 Å². The molecule has 0 aliphatic carbocycles. The summed E-state index contributed by atoms with van der Waals surface area (Å²) >= 11 is 3.34. The van der Waals surface area contributed by atoms with Crippen LogP contribution in [0.5, 0.6) is 0 Å². The number of carbonyl (C=O) groups excluding carboxylic acids is 1. The van der Waals surface area contributed by atoms with E-state index in [1.165, 1.54) is 0 Å². The summed E-state index contributed by atoms with van der Waals surface area (Å²) in [7, 11) is 0. The fourth-order valence-corrected chi connectivity index (χ4v) is 2.04. The van der Waals surface area contributed by atoms with Crippen LogP contribution in [0.1, 0.15) is 23.7 Å². The molecule has 2 atom stereocenters. The van der Waals surface area contributed by atoms with Crippen LogP contribution < -0.4 is 5.32 Å². The lowest BCUT2D eigenvalue weighted by molar-refractivity contribution is 0.0866. The van der Waals surface area contributed by atoms with Gasteiger partial charge in [0.1, 0.15) is 0 Å². The molecule has 0 radical (unpaired) electrons. The molecule has 0 spiro atoms. The van der Waals surface area contributed by atoms with Gasteiger partial charge < -0.3 is 10.1 Å². The van der Waals surface area contributed by atoms with Gasteiger partial charge in [0.15, 0.2) is 0 Å². The molecule has 1 aromatic rings. The van der Waals surface area contributed by atoms with Crippen molar-refractivity contribution in [1.82, 2.24) is 5.32 Å². The number of carbonyl (C=O) groups is 1. The molecule has 1 N–H and O–H groups in total. The van der Waals surface area contributed by atoms with Gasteiger partial charge in [-0.2, -0.15) is 0 Å². The van der Waals surface area contributed by atoms with Gasteiger partial charge in [0, 0.05) is 16.6 Å². The number of hydrogen-bond acceptors (Lipinski definition) is 2. The quantitative estimate of drug-likeness (QED) is 0.905. The van der Waals surface area contributed by atoms with Crippen molar-refractivity contribution < 1.29 is 9.53 Å². The topological polar surface area (TPSA) is 38.3 Å². The monoisotopic (exact) mass is 283 g/mol. The van der Waals surface area contributed by atoms with Crippen LogP contribution in [0.4, 0.5) is 0 Å². The van der Waals surface area contributed by atoms with Gasteiger partial charge in [0.25, 0.3) is 5.91 Å². The fourth-order valence-electron chi connectivity index (χ4n) is 1.77. The first kappa shape index (κ1) is 11.6. The Balaban J connectivity index is 2.00. The van der Waals surface area contributed by atoms with E-state index in [1.54, 1.807) is 12.1 Å². The lowest BCUT2D eigenvalue weighted by Crippen LogP contribution is -2.39. The third kappa shape index (κ3) is 2.62. The predicted octanol–water partition coefficient (Wildman–Crippen LogP) is 2.36. The van der Waals surface area contributed by atoms with E-state index >= 15 is 0 Å². The second-order valence-electron chi connectivity index (χ2n) is 3.95. The van der Waals surface area contributed by atoms with E-state index in [1.807, 2.05) is 19.1 Å². The summed E-state index contributed by atoms with van der Waals surface area (Å²) in [5, 5.41) is 2.99. The lowest BCUT2D eigenvalue weighted by atomic mass is 10.1. The third-order valence-corrected chi connectivity index (χ3v) is 3.33. The molecule has 1 amide bonds. The standard InChI is InChI=1S/C12H14BrNO2/c1-8-11(6-7-16-8)14-12(15)9-2-4-10(13)5-3-9/h2-5,8,11H,6-7H2,1H3,(H,14,15). The van der Waals surface area contributed by atoms with Gasteiger partial charge in [0.05, 0.1) is 12.1 Å². The average Bonchev–Trinajstić information content (AvgIpc) is 2.65. The Kier molecular flexibility index (Phi) is 3.61. The van der Waals surface area contributed by atoms with E-state index in [0.29, 0.717) is 5.56 Å². The highest BCUT2D eigenvalue weighted by molar-refractivity contribution is 9.10. The highest BCUT2D eigenvalue weighted by Crippen LogP contribution is 2.14.